The van der Waals surface area contributed by atoms with E-state index in [1.54, 1.807) is 0 Å². The fraction of sp³-hybridized carbons (Fsp3) is 0.235. The van der Waals surface area contributed by atoms with Crippen molar-refractivity contribution in [2.24, 2.45) is 0 Å². The molecule has 0 amide bonds. The molecule has 104 valence electrons. The van der Waals surface area contributed by atoms with Crippen LogP contribution in [0.15, 0.2) is 48.5 Å². The summed E-state index contributed by atoms with van der Waals surface area (Å²) in [6, 6.07) is 15.3. The highest BCUT2D eigenvalue weighted by molar-refractivity contribution is 5.73. The molecule has 3 nitrogen and oxygen atoms in total. The first-order chi connectivity index (χ1) is 9.58. The Balaban J connectivity index is 2.20. The highest BCUT2D eigenvalue weighted by Crippen LogP contribution is 2.24. The molecule has 0 aliphatic rings. The van der Waals surface area contributed by atoms with Crippen molar-refractivity contribution in [2.45, 2.75) is 26.4 Å². The van der Waals surface area contributed by atoms with Crippen LogP contribution in [0.1, 0.15) is 16.7 Å². The smallest absolute Gasteiger partial charge is 0.345 e. The van der Waals surface area contributed by atoms with Gasteiger partial charge in [-0.1, -0.05) is 48.5 Å². The number of hydrogen-bond donors (Lipinski definition) is 1. The molecule has 0 heterocycles. The summed E-state index contributed by atoms with van der Waals surface area (Å²) in [4.78, 5) is 11.4. The molecule has 0 saturated heterocycles. The van der Waals surface area contributed by atoms with Gasteiger partial charge in [0.15, 0.2) is 6.10 Å². The third kappa shape index (κ3) is 3.38. The molecule has 0 aliphatic heterocycles. The molecule has 0 aromatic heterocycles. The van der Waals surface area contributed by atoms with Crippen molar-refractivity contribution >= 4 is 5.97 Å². The van der Waals surface area contributed by atoms with E-state index in [1.807, 2.05) is 62.4 Å². The fourth-order valence-corrected chi connectivity index (χ4v) is 2.13. The zero-order valence-corrected chi connectivity index (χ0v) is 11.7. The van der Waals surface area contributed by atoms with Gasteiger partial charge in [0.25, 0.3) is 0 Å². The van der Waals surface area contributed by atoms with Crippen LogP contribution in [-0.4, -0.2) is 17.2 Å². The predicted molar refractivity (Wildman–Crippen MR) is 78.1 cm³/mol. The van der Waals surface area contributed by atoms with Crippen molar-refractivity contribution in [3.8, 4) is 5.75 Å². The van der Waals surface area contributed by atoms with Gasteiger partial charge in [-0.3, -0.25) is 0 Å². The number of carboxylic acid groups (broad SMARTS) is 1. The molecule has 0 fully saturated rings. The van der Waals surface area contributed by atoms with Gasteiger partial charge in [-0.2, -0.15) is 0 Å². The molecule has 2 aromatic rings. The minimum atomic E-state index is -0.948. The van der Waals surface area contributed by atoms with Crippen molar-refractivity contribution in [3.05, 3.63) is 65.2 Å². The molecular formula is C17H18O3. The van der Waals surface area contributed by atoms with Gasteiger partial charge in [0.1, 0.15) is 5.75 Å². The van der Waals surface area contributed by atoms with Crippen LogP contribution in [-0.2, 0) is 11.2 Å². The highest BCUT2D eigenvalue weighted by atomic mass is 16.5. The van der Waals surface area contributed by atoms with Crippen molar-refractivity contribution in [3.63, 3.8) is 0 Å². The van der Waals surface area contributed by atoms with E-state index in [1.165, 1.54) is 0 Å². The highest BCUT2D eigenvalue weighted by Gasteiger charge is 2.21. The van der Waals surface area contributed by atoms with Gasteiger partial charge in [0.2, 0.25) is 0 Å². The quantitative estimate of drug-likeness (QED) is 0.906. The topological polar surface area (TPSA) is 46.5 Å². The molecule has 1 unspecified atom stereocenters. The second kappa shape index (κ2) is 6.24. The minimum absolute atomic E-state index is 0.351. The van der Waals surface area contributed by atoms with E-state index in [0.717, 1.165) is 16.7 Å². The zero-order chi connectivity index (χ0) is 14.5. The number of aryl methyl sites for hydroxylation is 2. The van der Waals surface area contributed by atoms with Crippen LogP contribution >= 0.6 is 0 Å². The zero-order valence-electron chi connectivity index (χ0n) is 11.7. The Morgan fingerprint density at radius 3 is 2.20 bits per heavy atom. The molecule has 0 bridgehead atoms. The van der Waals surface area contributed by atoms with E-state index in [2.05, 4.69) is 0 Å². The summed E-state index contributed by atoms with van der Waals surface area (Å²) in [5, 5.41) is 9.35. The molecule has 1 N–H and O–H groups in total. The third-order valence-electron chi connectivity index (χ3n) is 3.21. The van der Waals surface area contributed by atoms with Gasteiger partial charge in [0.05, 0.1) is 0 Å². The van der Waals surface area contributed by atoms with E-state index in [0.29, 0.717) is 12.2 Å². The normalized spacial score (nSPS) is 11.9. The predicted octanol–water partition coefficient (Wildman–Crippen LogP) is 3.38. The van der Waals surface area contributed by atoms with Crippen LogP contribution in [0.5, 0.6) is 5.75 Å². The Labute approximate surface area is 118 Å². The Kier molecular flexibility index (Phi) is 4.41. The Hall–Kier alpha value is -2.29. The van der Waals surface area contributed by atoms with Crippen LogP contribution in [0.25, 0.3) is 0 Å². The molecule has 1 atom stereocenters. The number of aliphatic carboxylic acids is 1. The van der Waals surface area contributed by atoms with Crippen LogP contribution < -0.4 is 4.74 Å². The van der Waals surface area contributed by atoms with Crippen molar-refractivity contribution in [1.29, 1.82) is 0 Å². The number of ether oxygens (including phenoxy) is 1. The van der Waals surface area contributed by atoms with Gasteiger partial charge in [-0.15, -0.1) is 0 Å². The number of para-hydroxylation sites is 1. The second-order valence-electron chi connectivity index (χ2n) is 4.86. The van der Waals surface area contributed by atoms with Gasteiger partial charge in [-0.05, 0) is 30.5 Å². The second-order valence-corrected chi connectivity index (χ2v) is 4.86. The standard InChI is InChI=1S/C17H18O3/c1-12-7-6-8-13(2)16(12)20-15(17(18)19)11-14-9-4-3-5-10-14/h3-10,15H,11H2,1-2H3,(H,18,19). The lowest BCUT2D eigenvalue weighted by Crippen LogP contribution is -2.29. The van der Waals surface area contributed by atoms with Crippen molar-refractivity contribution in [2.75, 3.05) is 0 Å². The van der Waals surface area contributed by atoms with Crippen LogP contribution in [0.3, 0.4) is 0 Å². The maximum atomic E-state index is 11.4. The summed E-state index contributed by atoms with van der Waals surface area (Å²) in [6.07, 6.45) is -0.526. The summed E-state index contributed by atoms with van der Waals surface area (Å²) in [6.45, 7) is 3.84. The van der Waals surface area contributed by atoms with Gasteiger partial charge < -0.3 is 9.84 Å². The van der Waals surface area contributed by atoms with Crippen LogP contribution in [0.4, 0.5) is 0 Å². The largest absolute Gasteiger partial charge is 0.478 e. The van der Waals surface area contributed by atoms with E-state index in [9.17, 15) is 9.90 Å². The Morgan fingerprint density at radius 2 is 1.65 bits per heavy atom. The van der Waals surface area contributed by atoms with Crippen LogP contribution in [0.2, 0.25) is 0 Å². The molecule has 20 heavy (non-hydrogen) atoms. The maximum absolute atomic E-state index is 11.4. The first kappa shape index (κ1) is 14.1. The first-order valence-corrected chi connectivity index (χ1v) is 6.57. The van der Waals surface area contributed by atoms with Crippen molar-refractivity contribution in [1.82, 2.24) is 0 Å². The summed E-state index contributed by atoms with van der Waals surface area (Å²) < 4.78 is 5.74. The molecule has 3 heteroatoms. The van der Waals surface area contributed by atoms with E-state index >= 15 is 0 Å². The Bertz CT molecular complexity index is 570. The molecular weight excluding hydrogens is 252 g/mol. The monoisotopic (exact) mass is 270 g/mol. The van der Waals surface area contributed by atoms with E-state index in [4.69, 9.17) is 4.74 Å². The minimum Gasteiger partial charge on any atom is -0.478 e. The average Bonchev–Trinajstić information content (AvgIpc) is 2.42. The molecule has 0 saturated carbocycles. The number of benzene rings is 2. The summed E-state index contributed by atoms with van der Waals surface area (Å²) in [5.74, 6) is -0.285. The fourth-order valence-electron chi connectivity index (χ4n) is 2.13. The third-order valence-corrected chi connectivity index (χ3v) is 3.21. The lowest BCUT2D eigenvalue weighted by atomic mass is 10.1. The lowest BCUT2D eigenvalue weighted by molar-refractivity contribution is -0.145. The summed E-state index contributed by atoms with van der Waals surface area (Å²) in [5.41, 5.74) is 2.85. The SMILES string of the molecule is Cc1cccc(C)c1OC(Cc1ccccc1)C(=O)O. The molecule has 0 spiro atoms. The molecule has 0 radical (unpaired) electrons. The van der Waals surface area contributed by atoms with Gasteiger partial charge in [-0.25, -0.2) is 4.79 Å². The first-order valence-electron chi connectivity index (χ1n) is 6.57. The number of rotatable bonds is 5. The number of hydrogen-bond acceptors (Lipinski definition) is 2. The van der Waals surface area contributed by atoms with E-state index < -0.39 is 12.1 Å². The van der Waals surface area contributed by atoms with Crippen LogP contribution in [0, 0.1) is 13.8 Å². The molecule has 2 rings (SSSR count). The summed E-state index contributed by atoms with van der Waals surface area (Å²) >= 11 is 0. The molecule has 0 aliphatic carbocycles. The summed E-state index contributed by atoms with van der Waals surface area (Å²) in [7, 11) is 0. The Morgan fingerprint density at radius 1 is 1.05 bits per heavy atom. The lowest BCUT2D eigenvalue weighted by Gasteiger charge is -2.18. The average molecular weight is 270 g/mol. The molecule has 2 aromatic carbocycles. The maximum Gasteiger partial charge on any atom is 0.345 e. The van der Waals surface area contributed by atoms with Gasteiger partial charge in [0, 0.05) is 6.42 Å². The van der Waals surface area contributed by atoms with Crippen molar-refractivity contribution < 1.29 is 14.6 Å². The van der Waals surface area contributed by atoms with Gasteiger partial charge >= 0.3 is 5.97 Å². The number of carbonyl (C=O) groups is 1. The number of carboxylic acids is 1. The van der Waals surface area contributed by atoms with E-state index in [-0.39, 0.29) is 0 Å².